The molecule has 9 nitrogen and oxygen atoms in total. The van der Waals surface area contributed by atoms with E-state index in [2.05, 4.69) is 53.3 Å². The number of H-pyrrole nitrogens is 1. The van der Waals surface area contributed by atoms with Gasteiger partial charge in [-0.05, 0) is 46.3 Å². The molecule has 33 heavy (non-hydrogen) atoms. The number of morpholine rings is 1. The summed E-state index contributed by atoms with van der Waals surface area (Å²) in [7, 11) is 0. The molecule has 4 atom stereocenters. The van der Waals surface area contributed by atoms with E-state index in [1.165, 1.54) is 0 Å². The number of hydrogen-bond donors (Lipinski definition) is 3. The first-order valence-electron chi connectivity index (χ1n) is 11.2. The molecule has 1 aliphatic heterocycles. The number of hydrogen-bond acceptors (Lipinski definition) is 7. The van der Waals surface area contributed by atoms with Gasteiger partial charge < -0.3 is 25.7 Å². The lowest BCUT2D eigenvalue weighted by Crippen LogP contribution is -2.41. The van der Waals surface area contributed by atoms with Gasteiger partial charge in [-0.15, -0.1) is 0 Å². The zero-order valence-electron chi connectivity index (χ0n) is 17.9. The normalized spacial score (nSPS) is 26.3. The quantitative estimate of drug-likeness (QED) is 0.452. The molecule has 1 amide bonds. The van der Waals surface area contributed by atoms with Gasteiger partial charge in [0.1, 0.15) is 17.2 Å². The van der Waals surface area contributed by atoms with Crippen LogP contribution in [0, 0.1) is 17.8 Å². The van der Waals surface area contributed by atoms with E-state index in [-0.39, 0.29) is 29.7 Å². The lowest BCUT2D eigenvalue weighted by Gasteiger charge is -2.29. The fraction of sp³-hybridized carbons (Fsp3) is 0.391. The van der Waals surface area contributed by atoms with Crippen LogP contribution in [0.2, 0.25) is 0 Å². The number of primary amides is 1. The molecule has 3 aliphatic rings. The topological polar surface area (TPSA) is 122 Å². The van der Waals surface area contributed by atoms with Gasteiger partial charge in [0.2, 0.25) is 5.91 Å². The molecule has 6 rings (SSSR count). The molecule has 170 valence electrons. The predicted octanol–water partition coefficient (Wildman–Crippen LogP) is 2.71. The predicted molar refractivity (Wildman–Crippen MR) is 129 cm³/mol. The fourth-order valence-corrected chi connectivity index (χ4v) is 5.80. The summed E-state index contributed by atoms with van der Waals surface area (Å²) >= 11 is 3.64. The van der Waals surface area contributed by atoms with Crippen LogP contribution < -0.4 is 16.0 Å². The zero-order valence-corrected chi connectivity index (χ0v) is 19.5. The number of nitrogens with zero attached hydrogens (tertiary/aromatic N) is 4. The Morgan fingerprint density at radius 3 is 2.88 bits per heavy atom. The summed E-state index contributed by atoms with van der Waals surface area (Å²) in [6.07, 6.45) is 8.80. The maximum Gasteiger partial charge on any atom is 0.223 e. The van der Waals surface area contributed by atoms with Crippen LogP contribution in [0.4, 0.5) is 11.5 Å². The number of carbonyl (C=O) groups is 1. The Morgan fingerprint density at radius 1 is 1.24 bits per heavy atom. The number of anilines is 2. The van der Waals surface area contributed by atoms with Crippen LogP contribution in [-0.4, -0.2) is 58.2 Å². The molecule has 2 aliphatic carbocycles. The van der Waals surface area contributed by atoms with Gasteiger partial charge in [0.15, 0.2) is 5.65 Å². The third-order valence-corrected chi connectivity index (χ3v) is 7.53. The molecule has 3 aromatic heterocycles. The van der Waals surface area contributed by atoms with Crippen molar-refractivity contribution < 1.29 is 9.53 Å². The second kappa shape index (κ2) is 8.11. The maximum atomic E-state index is 12.2. The van der Waals surface area contributed by atoms with Gasteiger partial charge in [-0.25, -0.2) is 15.0 Å². The molecular formula is C23H24BrN7O2. The van der Waals surface area contributed by atoms with Crippen LogP contribution in [0.3, 0.4) is 0 Å². The number of fused-ring (bicyclic) bond motifs is 3. The highest BCUT2D eigenvalue weighted by Crippen LogP contribution is 2.46. The minimum Gasteiger partial charge on any atom is -0.378 e. The molecule has 4 N–H and O–H groups in total. The monoisotopic (exact) mass is 509 g/mol. The van der Waals surface area contributed by atoms with Gasteiger partial charge in [-0.3, -0.25) is 4.79 Å². The standard InChI is InChI=1S/C23H24BrN7O2/c24-15-11-27-22-19(18(15)28-17-13-4-3-12(10-13)16(17)20(25)32)29-21(30-22)14-2-1-5-26-23(14)31-6-8-33-9-7-31/h1-5,11-13,16-17H,6-10H2,(H2,25,32)(H2,27,28,29,30)/t12-,13-,16+,17-/m1/s1. The Kier molecular flexibility index (Phi) is 5.06. The second-order valence-electron chi connectivity index (χ2n) is 8.79. The molecule has 4 heterocycles. The number of amides is 1. The summed E-state index contributed by atoms with van der Waals surface area (Å²) in [6, 6.07) is 3.86. The summed E-state index contributed by atoms with van der Waals surface area (Å²) in [5, 5.41) is 3.61. The molecule has 2 bridgehead atoms. The number of nitrogens with two attached hydrogens (primary N) is 1. The maximum absolute atomic E-state index is 12.2. The average molecular weight is 510 g/mol. The van der Waals surface area contributed by atoms with Crippen LogP contribution in [0.15, 0.2) is 41.2 Å². The number of pyridine rings is 2. The summed E-state index contributed by atoms with van der Waals surface area (Å²) in [6.45, 7) is 2.93. The Bertz CT molecular complexity index is 1250. The number of nitrogens with one attached hydrogen (secondary N) is 2. The molecule has 0 radical (unpaired) electrons. The lowest BCUT2D eigenvalue weighted by atomic mass is 9.88. The number of carbonyl (C=O) groups excluding carboxylic acids is 1. The van der Waals surface area contributed by atoms with Crippen molar-refractivity contribution in [1.82, 2.24) is 19.9 Å². The molecule has 0 aromatic carbocycles. The minimum absolute atomic E-state index is 0.0616. The van der Waals surface area contributed by atoms with E-state index in [0.29, 0.717) is 24.7 Å². The summed E-state index contributed by atoms with van der Waals surface area (Å²) < 4.78 is 6.30. The molecule has 3 aromatic rings. The Hall–Kier alpha value is -2.98. The highest BCUT2D eigenvalue weighted by molar-refractivity contribution is 9.10. The highest BCUT2D eigenvalue weighted by Gasteiger charge is 2.47. The fourth-order valence-electron chi connectivity index (χ4n) is 5.38. The first-order chi connectivity index (χ1) is 16.1. The van der Waals surface area contributed by atoms with Crippen LogP contribution >= 0.6 is 15.9 Å². The number of aromatic amines is 1. The first kappa shape index (κ1) is 20.6. The van der Waals surface area contributed by atoms with Gasteiger partial charge in [-0.1, -0.05) is 12.2 Å². The Morgan fingerprint density at radius 2 is 2.06 bits per heavy atom. The van der Waals surface area contributed by atoms with Crippen molar-refractivity contribution in [2.45, 2.75) is 12.5 Å². The number of halogens is 1. The average Bonchev–Trinajstić information content (AvgIpc) is 3.56. The smallest absolute Gasteiger partial charge is 0.223 e. The first-order valence-corrected chi connectivity index (χ1v) is 12.0. The van der Waals surface area contributed by atoms with Gasteiger partial charge in [-0.2, -0.15) is 0 Å². The number of allylic oxidation sites excluding steroid dienone is 1. The largest absolute Gasteiger partial charge is 0.378 e. The summed E-state index contributed by atoms with van der Waals surface area (Å²) in [5.41, 5.74) is 8.91. The van der Waals surface area contributed by atoms with Crippen LogP contribution in [0.25, 0.3) is 22.6 Å². The van der Waals surface area contributed by atoms with Crippen molar-refractivity contribution >= 4 is 44.5 Å². The molecule has 0 unspecified atom stereocenters. The van der Waals surface area contributed by atoms with E-state index < -0.39 is 0 Å². The second-order valence-corrected chi connectivity index (χ2v) is 9.64. The van der Waals surface area contributed by atoms with Crippen molar-refractivity contribution in [1.29, 1.82) is 0 Å². The van der Waals surface area contributed by atoms with E-state index in [9.17, 15) is 4.79 Å². The minimum atomic E-state index is -0.262. The zero-order chi connectivity index (χ0) is 22.5. The van der Waals surface area contributed by atoms with Gasteiger partial charge in [0, 0.05) is 31.5 Å². The molecule has 1 saturated carbocycles. The summed E-state index contributed by atoms with van der Waals surface area (Å²) in [5.74, 6) is 1.56. The number of rotatable bonds is 5. The third kappa shape index (κ3) is 3.48. The molecule has 1 saturated heterocycles. The number of aromatic nitrogens is 4. The number of ether oxygens (including phenoxy) is 1. The van der Waals surface area contributed by atoms with E-state index in [1.807, 2.05) is 12.1 Å². The van der Waals surface area contributed by atoms with Crippen molar-refractivity contribution in [3.8, 4) is 11.4 Å². The Balaban J connectivity index is 1.39. The van der Waals surface area contributed by atoms with Crippen molar-refractivity contribution in [3.63, 3.8) is 0 Å². The number of imidazole rings is 1. The van der Waals surface area contributed by atoms with Crippen LogP contribution in [-0.2, 0) is 9.53 Å². The van der Waals surface area contributed by atoms with Gasteiger partial charge in [0.25, 0.3) is 0 Å². The van der Waals surface area contributed by atoms with Crippen LogP contribution in [0.1, 0.15) is 6.42 Å². The van der Waals surface area contributed by atoms with Gasteiger partial charge in [0.05, 0.1) is 34.9 Å². The van der Waals surface area contributed by atoms with Crippen LogP contribution in [0.5, 0.6) is 0 Å². The van der Waals surface area contributed by atoms with Gasteiger partial charge >= 0.3 is 0 Å². The van der Waals surface area contributed by atoms with Crippen molar-refractivity contribution in [2.24, 2.45) is 23.5 Å². The summed E-state index contributed by atoms with van der Waals surface area (Å²) in [4.78, 5) is 31.8. The molecule has 10 heteroatoms. The highest BCUT2D eigenvalue weighted by atomic mass is 79.9. The Labute approximate surface area is 199 Å². The van der Waals surface area contributed by atoms with Crippen molar-refractivity contribution in [2.75, 3.05) is 36.5 Å². The molecule has 0 spiro atoms. The molecule has 2 fully saturated rings. The van der Waals surface area contributed by atoms with E-state index in [0.717, 1.165) is 46.6 Å². The van der Waals surface area contributed by atoms with E-state index in [4.69, 9.17) is 15.5 Å². The SMILES string of the molecule is NC(=O)[C@@H]1[C@H](Nc2c(Br)cnc3nc(-c4cccnc4N4CCOCC4)[nH]c23)[C@@H]2C=C[C@@H]1C2. The van der Waals surface area contributed by atoms with Crippen molar-refractivity contribution in [3.05, 3.63) is 41.2 Å². The molecular weight excluding hydrogens is 486 g/mol. The van der Waals surface area contributed by atoms with E-state index in [1.54, 1.807) is 12.4 Å². The third-order valence-electron chi connectivity index (χ3n) is 6.92. The van der Waals surface area contributed by atoms with E-state index >= 15 is 0 Å². The lowest BCUT2D eigenvalue weighted by molar-refractivity contribution is -0.122.